The van der Waals surface area contributed by atoms with Crippen molar-refractivity contribution in [3.8, 4) is 0 Å². The lowest BCUT2D eigenvalue weighted by atomic mass is 9.87. The number of amides is 1. The number of carbonyl (C=O) groups is 1. The molecule has 19 heavy (non-hydrogen) atoms. The molecule has 0 radical (unpaired) electrons. The molecule has 4 heteroatoms. The molecule has 3 nitrogen and oxygen atoms in total. The van der Waals surface area contributed by atoms with E-state index in [1.165, 1.54) is 0 Å². The van der Waals surface area contributed by atoms with Gasteiger partial charge in [0.1, 0.15) is 0 Å². The number of rotatable bonds is 4. The molecule has 104 valence electrons. The minimum Gasteiger partial charge on any atom is -0.393 e. The zero-order chi connectivity index (χ0) is 13.7. The van der Waals surface area contributed by atoms with E-state index in [1.54, 1.807) is 0 Å². The summed E-state index contributed by atoms with van der Waals surface area (Å²) < 4.78 is 0. The van der Waals surface area contributed by atoms with Gasteiger partial charge in [-0.25, -0.2) is 0 Å². The largest absolute Gasteiger partial charge is 0.393 e. The van der Waals surface area contributed by atoms with Gasteiger partial charge in [0, 0.05) is 17.4 Å². The Hall–Kier alpha value is -0.870. The van der Waals surface area contributed by atoms with Gasteiger partial charge in [-0.2, -0.15) is 0 Å². The van der Waals surface area contributed by atoms with E-state index in [0.717, 1.165) is 36.6 Å². The maximum atomic E-state index is 12.0. The number of benzene rings is 1. The average molecular weight is 326 g/mol. The van der Waals surface area contributed by atoms with E-state index in [-0.39, 0.29) is 12.0 Å². The number of aliphatic hydroxyl groups is 1. The molecule has 0 bridgehead atoms. The van der Waals surface area contributed by atoms with Crippen LogP contribution in [0.15, 0.2) is 24.3 Å². The Balaban J connectivity index is 1.80. The van der Waals surface area contributed by atoms with Gasteiger partial charge in [0.05, 0.1) is 6.10 Å². The maximum Gasteiger partial charge on any atom is 0.251 e. The molecule has 0 saturated heterocycles. The second-order valence-corrected chi connectivity index (χ2v) is 5.78. The number of nitrogens with one attached hydrogen (secondary N) is 1. The zero-order valence-corrected chi connectivity index (χ0v) is 12.5. The first kappa shape index (κ1) is 14.5. The minimum atomic E-state index is -0.135. The SMILES string of the molecule is O=C(NCC1CCC(O)CC1)c1ccc(CBr)cc1. The predicted molar refractivity (Wildman–Crippen MR) is 79.4 cm³/mol. The van der Waals surface area contributed by atoms with Crippen LogP contribution in [0.1, 0.15) is 41.6 Å². The van der Waals surface area contributed by atoms with Crippen LogP contribution in [0.25, 0.3) is 0 Å². The first-order valence-corrected chi connectivity index (χ1v) is 7.92. The molecule has 1 amide bonds. The normalized spacial score (nSPS) is 23.1. The first-order chi connectivity index (χ1) is 9.19. The third-order valence-corrected chi connectivity index (χ3v) is 4.39. The van der Waals surface area contributed by atoms with Gasteiger partial charge in [0.2, 0.25) is 0 Å². The number of hydrogen-bond acceptors (Lipinski definition) is 2. The van der Waals surface area contributed by atoms with Crippen LogP contribution in [0, 0.1) is 5.92 Å². The Morgan fingerprint density at radius 1 is 1.21 bits per heavy atom. The fourth-order valence-corrected chi connectivity index (χ4v) is 2.81. The summed E-state index contributed by atoms with van der Waals surface area (Å²) in [6.45, 7) is 0.714. The van der Waals surface area contributed by atoms with Crippen molar-refractivity contribution < 1.29 is 9.90 Å². The third-order valence-electron chi connectivity index (χ3n) is 3.74. The smallest absolute Gasteiger partial charge is 0.251 e. The van der Waals surface area contributed by atoms with Gasteiger partial charge in [-0.1, -0.05) is 28.1 Å². The fourth-order valence-electron chi connectivity index (χ4n) is 2.43. The molecule has 0 aromatic heterocycles. The lowest BCUT2D eigenvalue weighted by molar-refractivity contribution is 0.0910. The molecule has 1 aromatic carbocycles. The van der Waals surface area contributed by atoms with Gasteiger partial charge in [-0.05, 0) is 49.3 Å². The molecule has 2 rings (SSSR count). The van der Waals surface area contributed by atoms with Crippen molar-refractivity contribution in [2.75, 3.05) is 6.54 Å². The van der Waals surface area contributed by atoms with E-state index in [0.29, 0.717) is 18.0 Å². The monoisotopic (exact) mass is 325 g/mol. The highest BCUT2D eigenvalue weighted by Gasteiger charge is 2.19. The van der Waals surface area contributed by atoms with E-state index in [2.05, 4.69) is 21.2 Å². The summed E-state index contributed by atoms with van der Waals surface area (Å²) >= 11 is 3.39. The first-order valence-electron chi connectivity index (χ1n) is 6.80. The summed E-state index contributed by atoms with van der Waals surface area (Å²) in [5, 5.41) is 13.2. The van der Waals surface area contributed by atoms with Crippen LogP contribution in [0.4, 0.5) is 0 Å². The highest BCUT2D eigenvalue weighted by Crippen LogP contribution is 2.23. The number of aliphatic hydroxyl groups excluding tert-OH is 1. The van der Waals surface area contributed by atoms with Crippen LogP contribution >= 0.6 is 15.9 Å². The summed E-state index contributed by atoms with van der Waals surface area (Å²) in [6.07, 6.45) is 3.60. The van der Waals surface area contributed by atoms with Crippen molar-refractivity contribution in [2.45, 2.75) is 37.1 Å². The third kappa shape index (κ3) is 4.32. The molecule has 1 aliphatic rings. The summed E-state index contributed by atoms with van der Waals surface area (Å²) in [6, 6.07) is 7.63. The standard InChI is InChI=1S/C15H20BrNO2/c16-9-11-1-5-13(6-2-11)15(19)17-10-12-3-7-14(18)8-4-12/h1-2,5-6,12,14,18H,3-4,7-10H2,(H,17,19). The predicted octanol–water partition coefficient (Wildman–Crippen LogP) is 2.86. The fraction of sp³-hybridized carbons (Fsp3) is 0.533. The molecular formula is C15H20BrNO2. The van der Waals surface area contributed by atoms with Crippen molar-refractivity contribution in [1.29, 1.82) is 0 Å². The Morgan fingerprint density at radius 2 is 1.84 bits per heavy atom. The van der Waals surface area contributed by atoms with E-state index in [9.17, 15) is 9.90 Å². The van der Waals surface area contributed by atoms with Crippen LogP contribution < -0.4 is 5.32 Å². The van der Waals surface area contributed by atoms with Crippen LogP contribution in [-0.4, -0.2) is 23.7 Å². The molecule has 0 aliphatic heterocycles. The molecule has 1 saturated carbocycles. The maximum absolute atomic E-state index is 12.0. The topological polar surface area (TPSA) is 49.3 Å². The number of halogens is 1. The second kappa shape index (κ2) is 7.06. The van der Waals surface area contributed by atoms with E-state index < -0.39 is 0 Å². The van der Waals surface area contributed by atoms with Crippen LogP contribution in [0.3, 0.4) is 0 Å². The number of alkyl halides is 1. The number of carbonyl (C=O) groups excluding carboxylic acids is 1. The Bertz CT molecular complexity index is 411. The van der Waals surface area contributed by atoms with E-state index >= 15 is 0 Å². The van der Waals surface area contributed by atoms with E-state index in [1.807, 2.05) is 24.3 Å². The Morgan fingerprint density at radius 3 is 2.42 bits per heavy atom. The van der Waals surface area contributed by atoms with Gasteiger partial charge >= 0.3 is 0 Å². The van der Waals surface area contributed by atoms with Gasteiger partial charge in [-0.3, -0.25) is 4.79 Å². The molecule has 0 spiro atoms. The van der Waals surface area contributed by atoms with Crippen molar-refractivity contribution in [1.82, 2.24) is 5.32 Å². The summed E-state index contributed by atoms with van der Waals surface area (Å²) in [5.74, 6) is 0.501. The Labute approximate surface area is 122 Å². The van der Waals surface area contributed by atoms with Crippen LogP contribution in [-0.2, 0) is 5.33 Å². The highest BCUT2D eigenvalue weighted by atomic mass is 79.9. The molecule has 1 aromatic rings. The van der Waals surface area contributed by atoms with Gasteiger partial charge in [0.15, 0.2) is 0 Å². The molecule has 0 unspecified atom stereocenters. The molecule has 0 heterocycles. The van der Waals surface area contributed by atoms with Gasteiger partial charge < -0.3 is 10.4 Å². The van der Waals surface area contributed by atoms with Gasteiger partial charge in [-0.15, -0.1) is 0 Å². The van der Waals surface area contributed by atoms with Crippen LogP contribution in [0.5, 0.6) is 0 Å². The minimum absolute atomic E-state index is 0.00718. The molecule has 0 atom stereocenters. The molecule has 1 aliphatic carbocycles. The van der Waals surface area contributed by atoms with Crippen LogP contribution in [0.2, 0.25) is 0 Å². The summed E-state index contributed by atoms with van der Waals surface area (Å²) in [7, 11) is 0. The lowest BCUT2D eigenvalue weighted by Crippen LogP contribution is -2.32. The lowest BCUT2D eigenvalue weighted by Gasteiger charge is -2.25. The zero-order valence-electron chi connectivity index (χ0n) is 10.9. The Kier molecular flexibility index (Phi) is 5.40. The number of hydrogen-bond donors (Lipinski definition) is 2. The van der Waals surface area contributed by atoms with Crippen molar-refractivity contribution in [3.63, 3.8) is 0 Å². The highest BCUT2D eigenvalue weighted by molar-refractivity contribution is 9.08. The van der Waals surface area contributed by atoms with Crippen molar-refractivity contribution in [3.05, 3.63) is 35.4 Å². The molecule has 1 fully saturated rings. The van der Waals surface area contributed by atoms with E-state index in [4.69, 9.17) is 0 Å². The summed E-state index contributed by atoms with van der Waals surface area (Å²) in [4.78, 5) is 12.0. The molecular weight excluding hydrogens is 306 g/mol. The second-order valence-electron chi connectivity index (χ2n) is 5.22. The quantitative estimate of drug-likeness (QED) is 0.836. The van der Waals surface area contributed by atoms with Crippen molar-refractivity contribution in [2.24, 2.45) is 5.92 Å². The average Bonchev–Trinajstić information content (AvgIpc) is 2.46. The van der Waals surface area contributed by atoms with Gasteiger partial charge in [0.25, 0.3) is 5.91 Å². The molecule has 2 N–H and O–H groups in total. The summed E-state index contributed by atoms with van der Waals surface area (Å²) in [5.41, 5.74) is 1.87. The van der Waals surface area contributed by atoms with Crippen molar-refractivity contribution >= 4 is 21.8 Å².